The quantitative estimate of drug-likeness (QED) is 0.588. The van der Waals surface area contributed by atoms with Gasteiger partial charge >= 0.3 is 5.97 Å². The predicted molar refractivity (Wildman–Crippen MR) is 86.6 cm³/mol. The third-order valence-electron chi connectivity index (χ3n) is 6.71. The number of hydrogen-bond acceptors (Lipinski definition) is 5. The van der Waals surface area contributed by atoms with E-state index in [0.29, 0.717) is 24.1 Å². The lowest BCUT2D eigenvalue weighted by atomic mass is 9.52. The molecule has 5 rings (SSSR count). The van der Waals surface area contributed by atoms with Gasteiger partial charge in [-0.25, -0.2) is 0 Å². The normalized spacial score (nSPS) is 42.8. The summed E-state index contributed by atoms with van der Waals surface area (Å²) in [4.78, 5) is 14.0. The fourth-order valence-electron chi connectivity index (χ4n) is 5.80. The number of allylic oxidation sites excluding steroid dienone is 2. The number of carbonyl (C=O) groups is 1. The van der Waals surface area contributed by atoms with Crippen molar-refractivity contribution in [1.82, 2.24) is 4.90 Å². The van der Waals surface area contributed by atoms with Gasteiger partial charge in [-0.3, -0.25) is 4.79 Å². The van der Waals surface area contributed by atoms with Crippen molar-refractivity contribution in [2.45, 2.75) is 50.9 Å². The number of piperidine rings is 1. The van der Waals surface area contributed by atoms with Crippen molar-refractivity contribution >= 4 is 5.97 Å². The summed E-state index contributed by atoms with van der Waals surface area (Å²) >= 11 is 0. The van der Waals surface area contributed by atoms with Gasteiger partial charge in [0.15, 0.2) is 5.76 Å². The summed E-state index contributed by atoms with van der Waals surface area (Å²) in [6.45, 7) is 2.44. The summed E-state index contributed by atoms with van der Waals surface area (Å²) in [7, 11) is 2.20. The molecule has 2 heterocycles. The molecule has 5 atom stereocenters. The fourth-order valence-corrected chi connectivity index (χ4v) is 5.80. The number of esters is 1. The van der Waals surface area contributed by atoms with Crippen LogP contribution in [-0.2, 0) is 14.3 Å². The number of rotatable bonds is 1. The number of hydrogen-bond donors (Lipinski definition) is 1. The van der Waals surface area contributed by atoms with Crippen LogP contribution in [0.3, 0.4) is 0 Å². The molecule has 1 spiro atoms. The molecule has 24 heavy (non-hydrogen) atoms. The van der Waals surface area contributed by atoms with E-state index in [4.69, 9.17) is 9.47 Å². The standard InChI is InChI=1S/C19H23NO4/c1-10(21)23-15-6-3-11-9-13-12-4-5-14(22)18-19(12,7-8-20(13)2)16(11)17(15)24-18/h4-5,12-14,18,22H,3,6-9H2,1-2H3/t12-,13+,14-,18-,19-/m0/s1. The molecule has 2 saturated heterocycles. The molecule has 3 aliphatic carbocycles. The number of aliphatic hydroxyl groups excluding tert-OH is 1. The van der Waals surface area contributed by atoms with Gasteiger partial charge in [0.25, 0.3) is 0 Å². The average molecular weight is 329 g/mol. The van der Waals surface area contributed by atoms with Crippen molar-refractivity contribution in [3.8, 4) is 0 Å². The molecule has 0 aromatic heterocycles. The lowest BCUT2D eigenvalue weighted by Gasteiger charge is -2.56. The topological polar surface area (TPSA) is 59.0 Å². The minimum atomic E-state index is -0.603. The van der Waals surface area contributed by atoms with Gasteiger partial charge in [0.1, 0.15) is 18.0 Å². The molecule has 0 amide bonds. The Kier molecular flexibility index (Phi) is 2.90. The fraction of sp³-hybridized carbons (Fsp3) is 0.632. The highest BCUT2D eigenvalue weighted by Gasteiger charge is 2.66. The van der Waals surface area contributed by atoms with Crippen molar-refractivity contribution in [2.24, 2.45) is 11.3 Å². The molecular formula is C19H23NO4. The summed E-state index contributed by atoms with van der Waals surface area (Å²) in [5.74, 6) is 1.47. The summed E-state index contributed by atoms with van der Waals surface area (Å²) in [6.07, 6.45) is 6.91. The van der Waals surface area contributed by atoms with Crippen molar-refractivity contribution in [3.63, 3.8) is 0 Å². The van der Waals surface area contributed by atoms with Crippen LogP contribution in [0.1, 0.15) is 32.6 Å². The monoisotopic (exact) mass is 329 g/mol. The van der Waals surface area contributed by atoms with Crippen LogP contribution in [0.15, 0.2) is 34.8 Å². The molecular weight excluding hydrogens is 306 g/mol. The lowest BCUT2D eigenvalue weighted by molar-refractivity contribution is -0.137. The zero-order chi connectivity index (χ0) is 16.6. The van der Waals surface area contributed by atoms with Crippen molar-refractivity contribution < 1.29 is 19.4 Å². The molecule has 0 saturated carbocycles. The molecule has 5 aliphatic rings. The molecule has 2 bridgehead atoms. The van der Waals surface area contributed by atoms with Crippen molar-refractivity contribution in [2.75, 3.05) is 13.6 Å². The first-order valence-corrected chi connectivity index (χ1v) is 8.90. The van der Waals surface area contributed by atoms with E-state index in [1.807, 2.05) is 6.08 Å². The second-order valence-corrected chi connectivity index (χ2v) is 7.81. The molecule has 5 heteroatoms. The zero-order valence-corrected chi connectivity index (χ0v) is 14.1. The lowest BCUT2D eigenvalue weighted by Crippen LogP contribution is -2.61. The van der Waals surface area contributed by atoms with Crippen LogP contribution in [0.5, 0.6) is 0 Å². The first-order valence-electron chi connectivity index (χ1n) is 8.90. The van der Waals surface area contributed by atoms with Gasteiger partial charge in [-0.2, -0.15) is 0 Å². The van der Waals surface area contributed by atoms with E-state index >= 15 is 0 Å². The summed E-state index contributed by atoms with van der Waals surface area (Å²) in [5, 5.41) is 10.6. The van der Waals surface area contributed by atoms with E-state index in [0.717, 1.165) is 31.6 Å². The van der Waals surface area contributed by atoms with E-state index in [1.54, 1.807) is 0 Å². The Morgan fingerprint density at radius 1 is 1.42 bits per heavy atom. The molecule has 2 aliphatic heterocycles. The van der Waals surface area contributed by atoms with Gasteiger partial charge in [0.05, 0.1) is 0 Å². The highest BCUT2D eigenvalue weighted by atomic mass is 16.6. The molecule has 128 valence electrons. The Labute approximate surface area is 141 Å². The maximum absolute atomic E-state index is 11.5. The second-order valence-electron chi connectivity index (χ2n) is 7.81. The minimum Gasteiger partial charge on any atom is -0.483 e. The van der Waals surface area contributed by atoms with Gasteiger partial charge in [-0.05, 0) is 32.9 Å². The Hall–Kier alpha value is -1.59. The van der Waals surface area contributed by atoms with Gasteiger partial charge in [0, 0.05) is 36.3 Å². The Bertz CT molecular complexity index is 721. The van der Waals surface area contributed by atoms with E-state index in [2.05, 4.69) is 18.0 Å². The number of ether oxygens (including phenoxy) is 2. The van der Waals surface area contributed by atoms with Crippen LogP contribution in [0.2, 0.25) is 0 Å². The average Bonchev–Trinajstić information content (AvgIpc) is 2.89. The summed E-state index contributed by atoms with van der Waals surface area (Å²) in [6, 6.07) is 0.474. The first kappa shape index (κ1) is 14.7. The van der Waals surface area contributed by atoms with E-state index in [1.165, 1.54) is 18.1 Å². The van der Waals surface area contributed by atoms with Gasteiger partial charge < -0.3 is 19.5 Å². The summed E-state index contributed by atoms with van der Waals surface area (Å²) < 4.78 is 11.8. The molecule has 0 aromatic rings. The van der Waals surface area contributed by atoms with E-state index < -0.39 is 6.10 Å². The first-order chi connectivity index (χ1) is 11.5. The van der Waals surface area contributed by atoms with Gasteiger partial charge in [-0.1, -0.05) is 17.7 Å². The molecule has 0 aromatic carbocycles. The predicted octanol–water partition coefficient (Wildman–Crippen LogP) is 1.89. The molecule has 1 N–H and O–H groups in total. The van der Waals surface area contributed by atoms with E-state index in [9.17, 15) is 9.90 Å². The number of likely N-dealkylation sites (tertiary alicyclic amines) is 1. The summed E-state index contributed by atoms with van der Waals surface area (Å²) in [5.41, 5.74) is 2.55. The Balaban J connectivity index is 1.73. The third-order valence-corrected chi connectivity index (χ3v) is 6.71. The Morgan fingerprint density at radius 3 is 3.04 bits per heavy atom. The number of nitrogens with zero attached hydrogens (tertiary/aromatic N) is 1. The number of aliphatic hydroxyl groups is 1. The largest absolute Gasteiger partial charge is 0.483 e. The van der Waals surface area contributed by atoms with Gasteiger partial charge in [-0.15, -0.1) is 0 Å². The molecule has 5 nitrogen and oxygen atoms in total. The maximum Gasteiger partial charge on any atom is 0.307 e. The SMILES string of the molecule is CC(=O)OC1=C2O[C@H]3[C@@H](O)C=C[C@H]4[C@H]5CC(=C2[C@]43CCN5C)CC1. The van der Waals surface area contributed by atoms with E-state index in [-0.39, 0.29) is 17.5 Å². The Morgan fingerprint density at radius 2 is 2.25 bits per heavy atom. The van der Waals surface area contributed by atoms with Crippen LogP contribution in [-0.4, -0.2) is 47.8 Å². The maximum atomic E-state index is 11.5. The van der Waals surface area contributed by atoms with Crippen LogP contribution in [0.25, 0.3) is 0 Å². The van der Waals surface area contributed by atoms with Gasteiger partial charge in [0.2, 0.25) is 0 Å². The third kappa shape index (κ3) is 1.64. The van der Waals surface area contributed by atoms with Crippen LogP contribution >= 0.6 is 0 Å². The minimum absolute atomic E-state index is 0.153. The smallest absolute Gasteiger partial charge is 0.307 e. The van der Waals surface area contributed by atoms with Crippen LogP contribution in [0, 0.1) is 11.3 Å². The van der Waals surface area contributed by atoms with Crippen molar-refractivity contribution in [3.05, 3.63) is 34.8 Å². The van der Waals surface area contributed by atoms with Crippen molar-refractivity contribution in [1.29, 1.82) is 0 Å². The highest BCUT2D eigenvalue weighted by molar-refractivity contribution is 5.68. The van der Waals surface area contributed by atoms with Crippen LogP contribution in [0.4, 0.5) is 0 Å². The molecule has 0 unspecified atom stereocenters. The molecule has 2 fully saturated rings. The highest BCUT2D eigenvalue weighted by Crippen LogP contribution is 2.65. The zero-order valence-electron chi connectivity index (χ0n) is 14.1. The molecule has 0 radical (unpaired) electrons. The van der Waals surface area contributed by atoms with Crippen LogP contribution < -0.4 is 0 Å². The second kappa shape index (κ2) is 4.73. The number of carbonyl (C=O) groups excluding carboxylic acids is 1.